The summed E-state index contributed by atoms with van der Waals surface area (Å²) in [5, 5.41) is 11.7. The second-order valence-electron chi connectivity index (χ2n) is 6.35. The zero-order valence-corrected chi connectivity index (χ0v) is 17.3. The van der Waals surface area contributed by atoms with Crippen molar-refractivity contribution < 1.29 is 23.7 Å². The molecule has 3 aromatic rings. The van der Waals surface area contributed by atoms with Gasteiger partial charge in [0, 0.05) is 11.8 Å². The fraction of sp³-hybridized carbons (Fsp3) is 0.167. The van der Waals surface area contributed by atoms with Crippen molar-refractivity contribution >= 4 is 11.6 Å². The van der Waals surface area contributed by atoms with E-state index in [-0.39, 0.29) is 12.5 Å². The van der Waals surface area contributed by atoms with Gasteiger partial charge in [0.25, 0.3) is 5.91 Å². The monoisotopic (exact) mass is 418 g/mol. The smallest absolute Gasteiger partial charge is 0.262 e. The van der Waals surface area contributed by atoms with Crippen molar-refractivity contribution in [2.75, 3.05) is 25.6 Å². The fourth-order valence-corrected chi connectivity index (χ4v) is 2.71. The lowest BCUT2D eigenvalue weighted by Gasteiger charge is -2.11. The molecule has 1 amide bonds. The first-order valence-electron chi connectivity index (χ1n) is 9.63. The second kappa shape index (κ2) is 10.6. The molecular weight excluding hydrogens is 396 g/mol. The van der Waals surface area contributed by atoms with E-state index in [1.165, 1.54) is 7.11 Å². The van der Waals surface area contributed by atoms with Crippen LogP contribution in [0.3, 0.4) is 0 Å². The summed E-state index contributed by atoms with van der Waals surface area (Å²) >= 11 is 0. The van der Waals surface area contributed by atoms with Crippen LogP contribution in [-0.2, 0) is 4.79 Å². The van der Waals surface area contributed by atoms with Gasteiger partial charge in [-0.2, -0.15) is 5.26 Å². The number of rotatable bonds is 9. The lowest BCUT2D eigenvalue weighted by atomic mass is 10.2. The normalized spacial score (nSPS) is 9.97. The fourth-order valence-electron chi connectivity index (χ4n) is 2.71. The van der Waals surface area contributed by atoms with Crippen LogP contribution in [0.5, 0.6) is 28.7 Å². The molecular formula is C24H22N2O5. The summed E-state index contributed by atoms with van der Waals surface area (Å²) < 4.78 is 21.9. The van der Waals surface area contributed by atoms with E-state index in [1.54, 1.807) is 42.5 Å². The SMILES string of the molecule is CCOc1ccc(Oc2ccc(NC(=O)COc3ccc(C#N)cc3OC)cc2)cc1. The van der Waals surface area contributed by atoms with Gasteiger partial charge in [-0.25, -0.2) is 0 Å². The Labute approximate surface area is 180 Å². The predicted octanol–water partition coefficient (Wildman–Crippen LogP) is 4.78. The molecule has 1 N–H and O–H groups in total. The highest BCUT2D eigenvalue weighted by atomic mass is 16.5. The van der Waals surface area contributed by atoms with Crippen molar-refractivity contribution in [2.45, 2.75) is 6.92 Å². The van der Waals surface area contributed by atoms with E-state index in [2.05, 4.69) is 5.32 Å². The number of nitriles is 1. The standard InChI is InChI=1S/C24H22N2O5/c1-3-29-19-9-11-21(12-10-19)31-20-7-5-18(6-8-20)26-24(27)16-30-22-13-4-17(15-25)14-23(22)28-2/h4-14H,3,16H2,1-2H3,(H,26,27). The highest BCUT2D eigenvalue weighted by Gasteiger charge is 2.09. The van der Waals surface area contributed by atoms with E-state index in [1.807, 2.05) is 37.3 Å². The minimum atomic E-state index is -0.327. The Morgan fingerprint density at radius 3 is 2.16 bits per heavy atom. The maximum atomic E-state index is 12.2. The van der Waals surface area contributed by atoms with Gasteiger partial charge in [-0.15, -0.1) is 0 Å². The Balaban J connectivity index is 1.52. The summed E-state index contributed by atoms with van der Waals surface area (Å²) in [6.07, 6.45) is 0. The van der Waals surface area contributed by atoms with E-state index < -0.39 is 0 Å². The molecule has 0 fully saturated rings. The summed E-state index contributed by atoms with van der Waals surface area (Å²) in [5.74, 6) is 2.56. The van der Waals surface area contributed by atoms with Crippen LogP contribution >= 0.6 is 0 Å². The number of carbonyl (C=O) groups is 1. The quantitative estimate of drug-likeness (QED) is 0.538. The number of anilines is 1. The van der Waals surface area contributed by atoms with Crippen LogP contribution in [0.15, 0.2) is 66.7 Å². The number of amides is 1. The number of nitrogens with one attached hydrogen (secondary N) is 1. The Morgan fingerprint density at radius 2 is 1.55 bits per heavy atom. The van der Waals surface area contributed by atoms with Gasteiger partial charge in [-0.05, 0) is 67.6 Å². The predicted molar refractivity (Wildman–Crippen MR) is 116 cm³/mol. The van der Waals surface area contributed by atoms with Crippen LogP contribution < -0.4 is 24.3 Å². The Bertz CT molecular complexity index is 1060. The number of nitrogens with zero attached hydrogens (tertiary/aromatic N) is 1. The Morgan fingerprint density at radius 1 is 0.903 bits per heavy atom. The third kappa shape index (κ3) is 6.15. The van der Waals surface area contributed by atoms with Gasteiger partial charge >= 0.3 is 0 Å². The van der Waals surface area contributed by atoms with E-state index >= 15 is 0 Å². The number of benzene rings is 3. The van der Waals surface area contributed by atoms with Crippen LogP contribution in [0.1, 0.15) is 12.5 Å². The van der Waals surface area contributed by atoms with Gasteiger partial charge in [0.1, 0.15) is 17.2 Å². The molecule has 0 aliphatic carbocycles. The van der Waals surface area contributed by atoms with Gasteiger partial charge in [-0.3, -0.25) is 4.79 Å². The van der Waals surface area contributed by atoms with Crippen LogP contribution in [0, 0.1) is 11.3 Å². The van der Waals surface area contributed by atoms with Crippen LogP contribution in [0.25, 0.3) is 0 Å². The van der Waals surface area contributed by atoms with Gasteiger partial charge in [-0.1, -0.05) is 0 Å². The molecule has 0 radical (unpaired) electrons. The van der Waals surface area contributed by atoms with Crippen molar-refractivity contribution in [2.24, 2.45) is 0 Å². The van der Waals surface area contributed by atoms with Crippen molar-refractivity contribution in [1.29, 1.82) is 5.26 Å². The number of ether oxygens (including phenoxy) is 4. The molecule has 3 rings (SSSR count). The first kappa shape index (κ1) is 21.5. The van der Waals surface area contributed by atoms with E-state index in [4.69, 9.17) is 24.2 Å². The van der Waals surface area contributed by atoms with Crippen molar-refractivity contribution in [3.05, 3.63) is 72.3 Å². The Hall–Kier alpha value is -4.18. The van der Waals surface area contributed by atoms with Gasteiger partial charge in [0.05, 0.1) is 25.3 Å². The average Bonchev–Trinajstić information content (AvgIpc) is 2.80. The summed E-state index contributed by atoms with van der Waals surface area (Å²) in [5.41, 5.74) is 1.06. The number of methoxy groups -OCH3 is 1. The van der Waals surface area contributed by atoms with E-state index in [0.717, 1.165) is 5.75 Å². The average molecular weight is 418 g/mol. The first-order chi connectivity index (χ1) is 15.1. The molecule has 0 unspecified atom stereocenters. The molecule has 0 saturated carbocycles. The first-order valence-corrected chi connectivity index (χ1v) is 9.63. The topological polar surface area (TPSA) is 89.8 Å². The molecule has 3 aromatic carbocycles. The maximum absolute atomic E-state index is 12.2. The summed E-state index contributed by atoms with van der Waals surface area (Å²) in [6.45, 7) is 2.34. The van der Waals surface area contributed by atoms with Crippen molar-refractivity contribution in [3.63, 3.8) is 0 Å². The summed E-state index contributed by atoms with van der Waals surface area (Å²) in [4.78, 5) is 12.2. The molecule has 7 heteroatoms. The number of hydrogen-bond donors (Lipinski definition) is 1. The van der Waals surface area contributed by atoms with Gasteiger partial charge < -0.3 is 24.3 Å². The largest absolute Gasteiger partial charge is 0.494 e. The molecule has 0 bridgehead atoms. The third-order valence-electron chi connectivity index (χ3n) is 4.16. The lowest BCUT2D eigenvalue weighted by Crippen LogP contribution is -2.20. The lowest BCUT2D eigenvalue weighted by molar-refractivity contribution is -0.118. The number of hydrogen-bond acceptors (Lipinski definition) is 6. The molecule has 0 atom stereocenters. The second-order valence-corrected chi connectivity index (χ2v) is 6.35. The zero-order chi connectivity index (χ0) is 22.1. The summed E-state index contributed by atoms with van der Waals surface area (Å²) in [6, 6.07) is 21.1. The van der Waals surface area contributed by atoms with Crippen molar-refractivity contribution in [1.82, 2.24) is 0 Å². The van der Waals surface area contributed by atoms with Gasteiger partial charge in [0.15, 0.2) is 18.1 Å². The van der Waals surface area contributed by atoms with Gasteiger partial charge in [0.2, 0.25) is 0 Å². The molecule has 31 heavy (non-hydrogen) atoms. The number of carbonyl (C=O) groups excluding carboxylic acids is 1. The zero-order valence-electron chi connectivity index (χ0n) is 17.3. The molecule has 0 aromatic heterocycles. The van der Waals surface area contributed by atoms with Crippen molar-refractivity contribution in [3.8, 4) is 34.8 Å². The van der Waals surface area contributed by atoms with Crippen LogP contribution in [0.2, 0.25) is 0 Å². The molecule has 0 spiro atoms. The van der Waals surface area contributed by atoms with Crippen LogP contribution in [-0.4, -0.2) is 26.2 Å². The molecule has 0 heterocycles. The molecule has 7 nitrogen and oxygen atoms in total. The highest BCUT2D eigenvalue weighted by molar-refractivity contribution is 5.91. The van der Waals surface area contributed by atoms with E-state index in [9.17, 15) is 4.79 Å². The molecule has 158 valence electrons. The summed E-state index contributed by atoms with van der Waals surface area (Å²) in [7, 11) is 1.47. The molecule has 0 saturated heterocycles. The highest BCUT2D eigenvalue weighted by Crippen LogP contribution is 2.28. The minimum absolute atomic E-state index is 0.202. The third-order valence-corrected chi connectivity index (χ3v) is 4.16. The minimum Gasteiger partial charge on any atom is -0.494 e. The maximum Gasteiger partial charge on any atom is 0.262 e. The molecule has 0 aliphatic rings. The Kier molecular flexibility index (Phi) is 7.33. The molecule has 0 aliphatic heterocycles. The van der Waals surface area contributed by atoms with E-state index in [0.29, 0.717) is 40.9 Å². The van der Waals surface area contributed by atoms with Crippen LogP contribution in [0.4, 0.5) is 5.69 Å².